The van der Waals surface area contributed by atoms with Gasteiger partial charge in [0.15, 0.2) is 0 Å². The average molecular weight is 331 g/mol. The molecule has 0 saturated carbocycles. The number of hydrogen-bond donors (Lipinski definition) is 0. The maximum Gasteiger partial charge on any atom is 0.256 e. The topological polar surface area (TPSA) is 33.2 Å². The summed E-state index contributed by atoms with van der Waals surface area (Å²) in [5.74, 6) is 0.0432. The minimum absolute atomic E-state index is 0.0432. The lowest BCUT2D eigenvalue weighted by Crippen LogP contribution is -2.31. The Kier molecular flexibility index (Phi) is 3.83. The second-order valence-corrected chi connectivity index (χ2v) is 5.69. The van der Waals surface area contributed by atoms with Gasteiger partial charge in [0, 0.05) is 19.3 Å². The molecule has 2 heterocycles. The molecule has 0 spiro atoms. The van der Waals surface area contributed by atoms with Gasteiger partial charge in [-0.15, -0.1) is 0 Å². The predicted molar refractivity (Wildman–Crippen MR) is 81.4 cm³/mol. The highest BCUT2D eigenvalue weighted by Gasteiger charge is 2.21. The maximum atomic E-state index is 12.6. The normalized spacial score (nSPS) is 14.6. The van der Waals surface area contributed by atoms with E-state index in [0.717, 1.165) is 19.4 Å². The summed E-state index contributed by atoms with van der Waals surface area (Å²) in [4.78, 5) is 18.7. The molecule has 3 nitrogen and oxygen atoms in total. The molecule has 1 aliphatic rings. The number of nitrogens with zero attached hydrogens (tertiary/aromatic N) is 2. The molecule has 2 aromatic rings. The van der Waals surface area contributed by atoms with Crippen LogP contribution in [0.3, 0.4) is 0 Å². The number of carbonyl (C=O) groups is 1. The lowest BCUT2D eigenvalue weighted by Gasteiger charge is -2.21. The van der Waals surface area contributed by atoms with Crippen LogP contribution in [0.15, 0.2) is 47.2 Å². The van der Waals surface area contributed by atoms with Crippen molar-refractivity contribution >= 4 is 21.8 Å². The highest BCUT2D eigenvalue weighted by Crippen LogP contribution is 2.22. The van der Waals surface area contributed by atoms with Crippen LogP contribution >= 0.6 is 15.9 Å². The molecule has 4 heteroatoms. The summed E-state index contributed by atoms with van der Waals surface area (Å²) in [7, 11) is 0. The molecular formula is C16H15BrN2O. The van der Waals surface area contributed by atoms with Crippen LogP contribution in [0.25, 0.3) is 0 Å². The van der Waals surface area contributed by atoms with E-state index in [1.54, 1.807) is 12.3 Å². The van der Waals surface area contributed by atoms with Gasteiger partial charge in [-0.05, 0) is 52.0 Å². The number of benzene rings is 1. The quantitative estimate of drug-likeness (QED) is 0.750. The number of aromatic nitrogens is 1. The molecule has 0 bridgehead atoms. The Morgan fingerprint density at radius 1 is 1.15 bits per heavy atom. The first-order chi connectivity index (χ1) is 9.75. The van der Waals surface area contributed by atoms with E-state index in [4.69, 9.17) is 0 Å². The first-order valence-corrected chi connectivity index (χ1v) is 7.51. The number of pyridine rings is 1. The van der Waals surface area contributed by atoms with Crippen molar-refractivity contribution in [3.05, 3.63) is 63.9 Å². The first kappa shape index (κ1) is 13.3. The van der Waals surface area contributed by atoms with E-state index in [2.05, 4.69) is 39.1 Å². The molecule has 0 atom stereocenters. The van der Waals surface area contributed by atoms with Crippen LogP contribution in [0.4, 0.5) is 0 Å². The van der Waals surface area contributed by atoms with Crippen molar-refractivity contribution in [3.8, 4) is 0 Å². The van der Waals surface area contributed by atoms with Gasteiger partial charge in [-0.2, -0.15) is 0 Å². The van der Waals surface area contributed by atoms with Crippen molar-refractivity contribution in [3.63, 3.8) is 0 Å². The fourth-order valence-corrected chi connectivity index (χ4v) is 3.01. The number of hydrogen-bond acceptors (Lipinski definition) is 2. The van der Waals surface area contributed by atoms with E-state index in [1.807, 2.05) is 17.0 Å². The van der Waals surface area contributed by atoms with E-state index in [1.165, 1.54) is 11.1 Å². The van der Waals surface area contributed by atoms with Crippen LogP contribution in [0.5, 0.6) is 0 Å². The third kappa shape index (κ3) is 2.61. The van der Waals surface area contributed by atoms with Crippen LogP contribution in [0, 0.1) is 0 Å². The molecule has 0 fully saturated rings. The zero-order chi connectivity index (χ0) is 13.9. The minimum Gasteiger partial charge on any atom is -0.334 e. The van der Waals surface area contributed by atoms with Gasteiger partial charge in [0.05, 0.1) is 5.56 Å². The lowest BCUT2D eigenvalue weighted by atomic mass is 10.0. The van der Waals surface area contributed by atoms with E-state index >= 15 is 0 Å². The highest BCUT2D eigenvalue weighted by molar-refractivity contribution is 9.10. The Morgan fingerprint density at radius 3 is 2.75 bits per heavy atom. The number of amides is 1. The zero-order valence-corrected chi connectivity index (χ0v) is 12.6. The van der Waals surface area contributed by atoms with Gasteiger partial charge in [-0.3, -0.25) is 4.79 Å². The Labute approximate surface area is 126 Å². The standard InChI is InChI=1S/C16H15BrN2O/c17-15-14(8-3-9-18-15)16(20)19-10-4-7-12-5-1-2-6-13(12)11-19/h1-3,5-6,8-9H,4,7,10-11H2. The minimum atomic E-state index is 0.0432. The summed E-state index contributed by atoms with van der Waals surface area (Å²) in [5, 5.41) is 0. The van der Waals surface area contributed by atoms with Crippen LogP contribution in [-0.4, -0.2) is 22.3 Å². The number of aryl methyl sites for hydroxylation is 1. The van der Waals surface area contributed by atoms with Crippen LogP contribution < -0.4 is 0 Å². The van der Waals surface area contributed by atoms with Gasteiger partial charge < -0.3 is 4.90 Å². The average Bonchev–Trinajstić information content (AvgIpc) is 2.69. The Balaban J connectivity index is 1.88. The summed E-state index contributed by atoms with van der Waals surface area (Å²) < 4.78 is 0.613. The molecule has 0 unspecified atom stereocenters. The second kappa shape index (κ2) is 5.75. The highest BCUT2D eigenvalue weighted by atomic mass is 79.9. The van der Waals surface area contributed by atoms with Gasteiger partial charge in [-0.1, -0.05) is 24.3 Å². The van der Waals surface area contributed by atoms with Gasteiger partial charge >= 0.3 is 0 Å². The van der Waals surface area contributed by atoms with Crippen LogP contribution in [0.1, 0.15) is 27.9 Å². The van der Waals surface area contributed by atoms with Crippen molar-refractivity contribution < 1.29 is 4.79 Å². The van der Waals surface area contributed by atoms with Gasteiger partial charge in [0.25, 0.3) is 5.91 Å². The fraction of sp³-hybridized carbons (Fsp3) is 0.250. The maximum absolute atomic E-state index is 12.6. The number of fused-ring (bicyclic) bond motifs is 1. The summed E-state index contributed by atoms with van der Waals surface area (Å²) in [6, 6.07) is 12.0. The molecule has 1 amide bonds. The van der Waals surface area contributed by atoms with Gasteiger partial charge in [0.2, 0.25) is 0 Å². The monoisotopic (exact) mass is 330 g/mol. The van der Waals surface area contributed by atoms with Crippen molar-refractivity contribution in [2.75, 3.05) is 6.54 Å². The van der Waals surface area contributed by atoms with E-state index in [9.17, 15) is 4.79 Å². The number of rotatable bonds is 1. The van der Waals surface area contributed by atoms with Crippen molar-refractivity contribution in [1.82, 2.24) is 9.88 Å². The molecule has 1 aromatic heterocycles. The molecular weight excluding hydrogens is 316 g/mol. The largest absolute Gasteiger partial charge is 0.334 e. The van der Waals surface area contributed by atoms with E-state index in [-0.39, 0.29) is 5.91 Å². The molecule has 0 N–H and O–H groups in total. The Bertz CT molecular complexity index is 642. The number of halogens is 1. The third-order valence-corrected chi connectivity index (χ3v) is 4.26. The number of carbonyl (C=O) groups excluding carboxylic acids is 1. The molecule has 1 aliphatic heterocycles. The Hall–Kier alpha value is -1.68. The van der Waals surface area contributed by atoms with Crippen LogP contribution in [0.2, 0.25) is 0 Å². The second-order valence-electron chi connectivity index (χ2n) is 4.94. The SMILES string of the molecule is O=C(c1cccnc1Br)N1CCCc2ccccc2C1. The molecule has 102 valence electrons. The van der Waals surface area contributed by atoms with Crippen molar-refractivity contribution in [1.29, 1.82) is 0 Å². The van der Waals surface area contributed by atoms with Crippen LogP contribution in [-0.2, 0) is 13.0 Å². The molecule has 0 radical (unpaired) electrons. The lowest BCUT2D eigenvalue weighted by molar-refractivity contribution is 0.0744. The summed E-state index contributed by atoms with van der Waals surface area (Å²) in [6.07, 6.45) is 3.72. The van der Waals surface area contributed by atoms with Crippen molar-refractivity contribution in [2.45, 2.75) is 19.4 Å². The molecule has 1 aromatic carbocycles. The molecule has 0 aliphatic carbocycles. The van der Waals surface area contributed by atoms with Crippen molar-refractivity contribution in [2.24, 2.45) is 0 Å². The molecule has 20 heavy (non-hydrogen) atoms. The zero-order valence-electron chi connectivity index (χ0n) is 11.1. The summed E-state index contributed by atoms with van der Waals surface area (Å²) >= 11 is 3.36. The van der Waals surface area contributed by atoms with Gasteiger partial charge in [-0.25, -0.2) is 4.98 Å². The summed E-state index contributed by atoms with van der Waals surface area (Å²) in [6.45, 7) is 1.46. The van der Waals surface area contributed by atoms with E-state index in [0.29, 0.717) is 16.7 Å². The van der Waals surface area contributed by atoms with E-state index < -0.39 is 0 Å². The third-order valence-electron chi connectivity index (χ3n) is 3.63. The smallest absolute Gasteiger partial charge is 0.256 e. The van der Waals surface area contributed by atoms with Gasteiger partial charge in [0.1, 0.15) is 4.60 Å². The Morgan fingerprint density at radius 2 is 1.95 bits per heavy atom. The summed E-state index contributed by atoms with van der Waals surface area (Å²) in [5.41, 5.74) is 3.23. The predicted octanol–water partition coefficient (Wildman–Crippen LogP) is 3.43. The fourth-order valence-electron chi connectivity index (χ4n) is 2.59. The molecule has 0 saturated heterocycles. The molecule has 3 rings (SSSR count). The first-order valence-electron chi connectivity index (χ1n) is 6.72.